The molecule has 0 radical (unpaired) electrons. The predicted octanol–water partition coefficient (Wildman–Crippen LogP) is 2.27. The molecule has 0 aliphatic carbocycles. The lowest BCUT2D eigenvalue weighted by Gasteiger charge is -2.29. The van der Waals surface area contributed by atoms with Crippen molar-refractivity contribution in [1.82, 2.24) is 0 Å². The molecule has 1 N–H and O–H groups in total. The van der Waals surface area contributed by atoms with Gasteiger partial charge in [-0.15, -0.1) is 0 Å². The highest BCUT2D eigenvalue weighted by atomic mass is 16.5. The van der Waals surface area contributed by atoms with Crippen LogP contribution in [0, 0.1) is 0 Å². The van der Waals surface area contributed by atoms with E-state index in [1.807, 2.05) is 6.92 Å². The molecule has 1 rings (SSSR count). The van der Waals surface area contributed by atoms with Crippen LogP contribution in [0.15, 0.2) is 12.2 Å². The van der Waals surface area contributed by atoms with Crippen molar-refractivity contribution in [3.63, 3.8) is 0 Å². The second-order valence-electron chi connectivity index (χ2n) is 4.09. The topological polar surface area (TPSA) is 29.5 Å². The smallest absolute Gasteiger partial charge is 0.0916 e. The van der Waals surface area contributed by atoms with Crippen LogP contribution in [0.4, 0.5) is 0 Å². The molecular formula is C11H20O2. The Balaban J connectivity index is 2.46. The monoisotopic (exact) mass is 184 g/mol. The maximum atomic E-state index is 9.92. The molecule has 0 amide bonds. The van der Waals surface area contributed by atoms with E-state index < -0.39 is 0 Å². The van der Waals surface area contributed by atoms with Gasteiger partial charge in [0.15, 0.2) is 0 Å². The van der Waals surface area contributed by atoms with Gasteiger partial charge in [-0.05, 0) is 32.6 Å². The normalized spacial score (nSPS) is 30.4. The van der Waals surface area contributed by atoms with E-state index >= 15 is 0 Å². The van der Waals surface area contributed by atoms with Gasteiger partial charge >= 0.3 is 0 Å². The van der Waals surface area contributed by atoms with Gasteiger partial charge in [-0.2, -0.15) is 0 Å². The molecule has 1 aliphatic heterocycles. The first kappa shape index (κ1) is 10.7. The zero-order chi connectivity index (χ0) is 9.90. The van der Waals surface area contributed by atoms with Crippen LogP contribution in [0.2, 0.25) is 0 Å². The van der Waals surface area contributed by atoms with Crippen LogP contribution >= 0.6 is 0 Å². The van der Waals surface area contributed by atoms with Crippen LogP contribution in [0.5, 0.6) is 0 Å². The van der Waals surface area contributed by atoms with E-state index in [0.29, 0.717) is 6.42 Å². The molecule has 0 aromatic carbocycles. The molecule has 0 aromatic rings. The van der Waals surface area contributed by atoms with Crippen LogP contribution in [-0.4, -0.2) is 23.4 Å². The first-order valence-corrected chi connectivity index (χ1v) is 5.07. The molecule has 0 aromatic heterocycles. The third-order valence-corrected chi connectivity index (χ3v) is 2.94. The molecule has 0 saturated carbocycles. The zero-order valence-electron chi connectivity index (χ0n) is 8.68. The van der Waals surface area contributed by atoms with E-state index in [1.54, 1.807) is 0 Å². The molecule has 76 valence electrons. The molecule has 2 atom stereocenters. The van der Waals surface area contributed by atoms with Crippen molar-refractivity contribution in [1.29, 1.82) is 0 Å². The molecule has 2 heteroatoms. The second kappa shape index (κ2) is 4.25. The maximum Gasteiger partial charge on any atom is 0.0916 e. The van der Waals surface area contributed by atoms with Crippen LogP contribution in [0.3, 0.4) is 0 Å². The zero-order valence-corrected chi connectivity index (χ0v) is 8.68. The van der Waals surface area contributed by atoms with Crippen molar-refractivity contribution in [2.24, 2.45) is 0 Å². The number of ether oxygens (including phenoxy) is 1. The summed E-state index contributed by atoms with van der Waals surface area (Å²) in [5.74, 6) is 0. The average Bonchev–Trinajstić information content (AvgIpc) is 2.53. The summed E-state index contributed by atoms with van der Waals surface area (Å²) in [6.45, 7) is 8.74. The van der Waals surface area contributed by atoms with Gasteiger partial charge in [-0.25, -0.2) is 0 Å². The van der Waals surface area contributed by atoms with Gasteiger partial charge in [0.2, 0.25) is 0 Å². The molecule has 1 heterocycles. The van der Waals surface area contributed by atoms with E-state index in [1.165, 1.54) is 0 Å². The van der Waals surface area contributed by atoms with Crippen molar-refractivity contribution in [2.75, 3.05) is 6.61 Å². The molecule has 0 spiro atoms. The van der Waals surface area contributed by atoms with Crippen LogP contribution in [-0.2, 0) is 4.74 Å². The Morgan fingerprint density at radius 2 is 2.38 bits per heavy atom. The minimum Gasteiger partial charge on any atom is -0.390 e. The molecule has 2 nitrogen and oxygen atoms in total. The summed E-state index contributed by atoms with van der Waals surface area (Å²) in [5.41, 5.74) is 0.780. The fourth-order valence-electron chi connectivity index (χ4n) is 1.70. The SMILES string of the molecule is C=C(CC)CC(O)C1(C)CCCO1. The summed E-state index contributed by atoms with van der Waals surface area (Å²) in [6, 6.07) is 0. The molecule has 0 bridgehead atoms. The fourth-order valence-corrected chi connectivity index (χ4v) is 1.70. The number of rotatable bonds is 4. The molecule has 13 heavy (non-hydrogen) atoms. The number of aliphatic hydroxyl groups is 1. The van der Waals surface area contributed by atoms with E-state index in [0.717, 1.165) is 31.4 Å². The maximum absolute atomic E-state index is 9.92. The first-order chi connectivity index (χ1) is 6.08. The highest BCUT2D eigenvalue weighted by molar-refractivity contribution is 5.00. The Morgan fingerprint density at radius 1 is 1.69 bits per heavy atom. The van der Waals surface area contributed by atoms with Crippen molar-refractivity contribution in [3.05, 3.63) is 12.2 Å². The number of hydrogen-bond acceptors (Lipinski definition) is 2. The van der Waals surface area contributed by atoms with Crippen LogP contribution < -0.4 is 0 Å². The van der Waals surface area contributed by atoms with Gasteiger partial charge in [0.1, 0.15) is 0 Å². The Kier molecular flexibility index (Phi) is 3.51. The minimum atomic E-state index is -0.387. The molecule has 1 saturated heterocycles. The van der Waals surface area contributed by atoms with Gasteiger partial charge in [0, 0.05) is 6.61 Å². The molecule has 1 fully saturated rings. The fraction of sp³-hybridized carbons (Fsp3) is 0.818. The lowest BCUT2D eigenvalue weighted by molar-refractivity contribution is -0.0769. The summed E-state index contributed by atoms with van der Waals surface area (Å²) >= 11 is 0. The summed E-state index contributed by atoms with van der Waals surface area (Å²) < 4.78 is 5.56. The lowest BCUT2D eigenvalue weighted by atomic mass is 9.90. The van der Waals surface area contributed by atoms with E-state index in [-0.39, 0.29) is 11.7 Å². The Labute approximate surface area is 80.6 Å². The summed E-state index contributed by atoms with van der Waals surface area (Å²) in [5, 5.41) is 9.92. The second-order valence-corrected chi connectivity index (χ2v) is 4.09. The largest absolute Gasteiger partial charge is 0.390 e. The van der Waals surface area contributed by atoms with Crippen LogP contribution in [0.1, 0.15) is 39.5 Å². The van der Waals surface area contributed by atoms with Crippen LogP contribution in [0.25, 0.3) is 0 Å². The Morgan fingerprint density at radius 3 is 2.85 bits per heavy atom. The highest BCUT2D eigenvalue weighted by Gasteiger charge is 2.37. The van der Waals surface area contributed by atoms with Crippen molar-refractivity contribution in [3.8, 4) is 0 Å². The van der Waals surface area contributed by atoms with Gasteiger partial charge in [-0.1, -0.05) is 19.1 Å². The number of hydrogen-bond donors (Lipinski definition) is 1. The summed E-state index contributed by atoms with van der Waals surface area (Å²) in [6.07, 6.45) is 3.25. The minimum absolute atomic E-state index is 0.321. The summed E-state index contributed by atoms with van der Waals surface area (Å²) in [4.78, 5) is 0. The lowest BCUT2D eigenvalue weighted by Crippen LogP contribution is -2.38. The van der Waals surface area contributed by atoms with Crippen molar-refractivity contribution in [2.45, 2.75) is 51.2 Å². The first-order valence-electron chi connectivity index (χ1n) is 5.07. The van der Waals surface area contributed by atoms with Crippen molar-refractivity contribution >= 4 is 0 Å². The van der Waals surface area contributed by atoms with Gasteiger partial charge in [0.05, 0.1) is 11.7 Å². The highest BCUT2D eigenvalue weighted by Crippen LogP contribution is 2.31. The van der Waals surface area contributed by atoms with Crippen molar-refractivity contribution < 1.29 is 9.84 Å². The quantitative estimate of drug-likeness (QED) is 0.679. The third kappa shape index (κ3) is 2.55. The van der Waals surface area contributed by atoms with Gasteiger partial charge in [0.25, 0.3) is 0 Å². The standard InChI is InChI=1S/C11H20O2/c1-4-9(2)8-10(12)11(3)6-5-7-13-11/h10,12H,2,4-8H2,1,3H3. The van der Waals surface area contributed by atoms with E-state index in [2.05, 4.69) is 13.5 Å². The van der Waals surface area contributed by atoms with Gasteiger partial charge in [-0.3, -0.25) is 0 Å². The van der Waals surface area contributed by atoms with E-state index in [9.17, 15) is 5.11 Å². The molecule has 2 unspecified atom stereocenters. The third-order valence-electron chi connectivity index (χ3n) is 2.94. The van der Waals surface area contributed by atoms with Gasteiger partial charge < -0.3 is 9.84 Å². The molecule has 1 aliphatic rings. The average molecular weight is 184 g/mol. The predicted molar refractivity (Wildman–Crippen MR) is 53.6 cm³/mol. The Bertz CT molecular complexity index is 181. The summed E-state index contributed by atoms with van der Waals surface area (Å²) in [7, 11) is 0. The Hall–Kier alpha value is -0.340. The molecular weight excluding hydrogens is 164 g/mol. The number of aliphatic hydroxyl groups excluding tert-OH is 1. The van der Waals surface area contributed by atoms with E-state index in [4.69, 9.17) is 4.74 Å².